The zero-order valence-electron chi connectivity index (χ0n) is 8.72. The first-order valence-corrected chi connectivity index (χ1v) is 6.15. The highest BCUT2D eigenvalue weighted by Gasteiger charge is 2.33. The maximum Gasteiger partial charge on any atom is 0.325 e. The number of nitrogens with zero attached hydrogens (tertiary/aromatic N) is 1. The normalized spacial score (nSPS) is 24.2. The number of likely N-dealkylation sites (tertiary alicyclic amines) is 1. The summed E-state index contributed by atoms with van der Waals surface area (Å²) in [5.41, 5.74) is 0.918. The summed E-state index contributed by atoms with van der Waals surface area (Å²) in [5, 5.41) is 13.2. The zero-order chi connectivity index (χ0) is 10.8. The third-order valence-corrected chi connectivity index (χ3v) is 3.73. The quantitative estimate of drug-likeness (QED) is 0.858. The van der Waals surface area contributed by atoms with Gasteiger partial charge in [-0.3, -0.25) is 9.69 Å². The van der Waals surface area contributed by atoms with E-state index in [4.69, 9.17) is 0 Å². The SMILES string of the molecule is C[C@H]1CCCN1[C@H](C(=O)O)c1ccsc1. The highest BCUT2D eigenvalue weighted by molar-refractivity contribution is 7.08. The maximum atomic E-state index is 11.3. The van der Waals surface area contributed by atoms with E-state index < -0.39 is 12.0 Å². The summed E-state index contributed by atoms with van der Waals surface area (Å²) in [4.78, 5) is 13.4. The van der Waals surface area contributed by atoms with Gasteiger partial charge in [0.2, 0.25) is 0 Å². The van der Waals surface area contributed by atoms with E-state index in [1.54, 1.807) is 11.3 Å². The maximum absolute atomic E-state index is 11.3. The van der Waals surface area contributed by atoms with E-state index in [9.17, 15) is 9.90 Å². The molecule has 1 aliphatic heterocycles. The third kappa shape index (κ3) is 2.06. The summed E-state index contributed by atoms with van der Waals surface area (Å²) in [6.07, 6.45) is 2.21. The molecule has 3 nitrogen and oxygen atoms in total. The first kappa shape index (κ1) is 10.6. The van der Waals surface area contributed by atoms with E-state index in [0.717, 1.165) is 24.9 Å². The van der Waals surface area contributed by atoms with Gasteiger partial charge in [0.1, 0.15) is 6.04 Å². The molecular weight excluding hydrogens is 210 g/mol. The van der Waals surface area contributed by atoms with Crippen LogP contribution in [0, 0.1) is 0 Å². The summed E-state index contributed by atoms with van der Waals surface area (Å²) < 4.78 is 0. The summed E-state index contributed by atoms with van der Waals surface area (Å²) in [7, 11) is 0. The number of carboxylic acid groups (broad SMARTS) is 1. The molecule has 1 N–H and O–H groups in total. The minimum atomic E-state index is -0.734. The van der Waals surface area contributed by atoms with Crippen molar-refractivity contribution >= 4 is 17.3 Å². The second-order valence-electron chi connectivity index (χ2n) is 4.03. The average Bonchev–Trinajstić information content (AvgIpc) is 2.79. The smallest absolute Gasteiger partial charge is 0.325 e. The molecule has 1 fully saturated rings. The largest absolute Gasteiger partial charge is 0.480 e. The van der Waals surface area contributed by atoms with Gasteiger partial charge in [0, 0.05) is 6.04 Å². The third-order valence-electron chi connectivity index (χ3n) is 3.03. The van der Waals surface area contributed by atoms with Crippen LogP contribution in [0.2, 0.25) is 0 Å². The molecule has 0 aromatic carbocycles. The van der Waals surface area contributed by atoms with E-state index in [0.29, 0.717) is 6.04 Å². The van der Waals surface area contributed by atoms with Gasteiger partial charge < -0.3 is 5.11 Å². The molecule has 0 saturated carbocycles. The lowest BCUT2D eigenvalue weighted by Crippen LogP contribution is -2.36. The molecule has 0 bridgehead atoms. The van der Waals surface area contributed by atoms with E-state index in [1.807, 2.05) is 16.8 Å². The van der Waals surface area contributed by atoms with Crippen LogP contribution in [0.4, 0.5) is 0 Å². The highest BCUT2D eigenvalue weighted by atomic mass is 32.1. The first-order valence-electron chi connectivity index (χ1n) is 5.21. The second-order valence-corrected chi connectivity index (χ2v) is 4.81. The van der Waals surface area contributed by atoms with Crippen LogP contribution in [0.25, 0.3) is 0 Å². The summed E-state index contributed by atoms with van der Waals surface area (Å²) in [5.74, 6) is -0.734. The number of carboxylic acids is 1. The molecule has 82 valence electrons. The Morgan fingerprint density at radius 2 is 2.53 bits per heavy atom. The second kappa shape index (κ2) is 4.33. The molecule has 0 amide bonds. The van der Waals surface area contributed by atoms with Gasteiger partial charge in [-0.15, -0.1) is 0 Å². The van der Waals surface area contributed by atoms with E-state index in [-0.39, 0.29) is 0 Å². The summed E-state index contributed by atoms with van der Waals surface area (Å²) in [6, 6.07) is 1.84. The summed E-state index contributed by atoms with van der Waals surface area (Å²) in [6.45, 7) is 3.00. The van der Waals surface area contributed by atoms with Crippen LogP contribution >= 0.6 is 11.3 Å². The van der Waals surface area contributed by atoms with Gasteiger partial charge in [-0.25, -0.2) is 0 Å². The first-order chi connectivity index (χ1) is 7.20. The fourth-order valence-corrected chi connectivity index (χ4v) is 2.92. The number of hydrogen-bond acceptors (Lipinski definition) is 3. The van der Waals surface area contributed by atoms with Crippen molar-refractivity contribution in [2.75, 3.05) is 6.54 Å². The van der Waals surface area contributed by atoms with Crippen LogP contribution in [0.1, 0.15) is 31.4 Å². The molecule has 1 aromatic rings. The van der Waals surface area contributed by atoms with E-state index >= 15 is 0 Å². The fraction of sp³-hybridized carbons (Fsp3) is 0.545. The van der Waals surface area contributed by atoms with Crippen LogP contribution in [0.3, 0.4) is 0 Å². The molecule has 0 aliphatic carbocycles. The highest BCUT2D eigenvalue weighted by Crippen LogP contribution is 2.30. The Kier molecular flexibility index (Phi) is 3.07. The standard InChI is InChI=1S/C11H15NO2S/c1-8-3-2-5-12(8)10(11(13)14)9-4-6-15-7-9/h4,6-8,10H,2-3,5H2,1H3,(H,13,14)/t8-,10-/m0/s1. The Labute approximate surface area is 93.3 Å². The minimum Gasteiger partial charge on any atom is -0.480 e. The molecule has 0 unspecified atom stereocenters. The van der Waals surface area contributed by atoms with Crippen molar-refractivity contribution in [2.24, 2.45) is 0 Å². The molecule has 0 spiro atoms. The van der Waals surface area contributed by atoms with Crippen LogP contribution in [0.15, 0.2) is 16.8 Å². The molecule has 2 atom stereocenters. The van der Waals surface area contributed by atoms with Crippen molar-refractivity contribution < 1.29 is 9.90 Å². The number of thiophene rings is 1. The average molecular weight is 225 g/mol. The topological polar surface area (TPSA) is 40.5 Å². The van der Waals surface area contributed by atoms with Crippen molar-refractivity contribution in [3.05, 3.63) is 22.4 Å². The molecule has 1 aliphatic rings. The van der Waals surface area contributed by atoms with Gasteiger partial charge in [0.15, 0.2) is 0 Å². The minimum absolute atomic E-state index is 0.381. The van der Waals surface area contributed by atoms with Gasteiger partial charge in [-0.1, -0.05) is 0 Å². The van der Waals surface area contributed by atoms with Gasteiger partial charge in [-0.05, 0) is 48.7 Å². The molecule has 1 aromatic heterocycles. The molecule has 4 heteroatoms. The Balaban J connectivity index is 2.24. The van der Waals surface area contributed by atoms with Gasteiger partial charge >= 0.3 is 5.97 Å². The summed E-state index contributed by atoms with van der Waals surface area (Å²) >= 11 is 1.56. The predicted octanol–water partition coefficient (Wildman–Crippen LogP) is 2.36. The molecule has 2 rings (SSSR count). The number of hydrogen-bond donors (Lipinski definition) is 1. The van der Waals surface area contributed by atoms with Crippen molar-refractivity contribution in [3.8, 4) is 0 Å². The molecular formula is C11H15NO2S. The number of carbonyl (C=O) groups is 1. The van der Waals surface area contributed by atoms with E-state index in [2.05, 4.69) is 11.8 Å². The van der Waals surface area contributed by atoms with E-state index in [1.165, 1.54) is 0 Å². The van der Waals surface area contributed by atoms with Crippen LogP contribution < -0.4 is 0 Å². The van der Waals surface area contributed by atoms with Gasteiger partial charge in [0.25, 0.3) is 0 Å². The van der Waals surface area contributed by atoms with Crippen molar-refractivity contribution in [2.45, 2.75) is 31.8 Å². The predicted molar refractivity (Wildman–Crippen MR) is 60.1 cm³/mol. The van der Waals surface area contributed by atoms with Crippen molar-refractivity contribution in [1.82, 2.24) is 4.90 Å². The Bertz CT molecular complexity index is 336. The Morgan fingerprint density at radius 1 is 1.73 bits per heavy atom. The van der Waals surface area contributed by atoms with Crippen LogP contribution in [-0.4, -0.2) is 28.6 Å². The monoisotopic (exact) mass is 225 g/mol. The van der Waals surface area contributed by atoms with Gasteiger partial charge in [0.05, 0.1) is 0 Å². The van der Waals surface area contributed by atoms with Crippen molar-refractivity contribution in [1.29, 1.82) is 0 Å². The molecule has 2 heterocycles. The van der Waals surface area contributed by atoms with Crippen molar-refractivity contribution in [3.63, 3.8) is 0 Å². The fourth-order valence-electron chi connectivity index (χ4n) is 2.25. The lowest BCUT2D eigenvalue weighted by molar-refractivity contribution is -0.143. The molecule has 1 saturated heterocycles. The number of rotatable bonds is 3. The van der Waals surface area contributed by atoms with Gasteiger partial charge in [-0.2, -0.15) is 11.3 Å². The molecule has 0 radical (unpaired) electrons. The number of aliphatic carboxylic acids is 1. The Morgan fingerprint density at radius 3 is 3.00 bits per heavy atom. The Hall–Kier alpha value is -0.870. The zero-order valence-corrected chi connectivity index (χ0v) is 9.54. The van der Waals surface area contributed by atoms with Crippen LogP contribution in [-0.2, 0) is 4.79 Å². The molecule has 15 heavy (non-hydrogen) atoms. The lowest BCUT2D eigenvalue weighted by Gasteiger charge is -2.27. The van der Waals surface area contributed by atoms with Crippen LogP contribution in [0.5, 0.6) is 0 Å². The lowest BCUT2D eigenvalue weighted by atomic mass is 10.1.